The first-order valence-corrected chi connectivity index (χ1v) is 4.74. The smallest absolute Gasteiger partial charge is 0.309 e. The van der Waals surface area contributed by atoms with Crippen LogP contribution in [0.25, 0.3) is 0 Å². The van der Waals surface area contributed by atoms with E-state index in [9.17, 15) is 4.79 Å². The molecule has 2 heteroatoms. The van der Waals surface area contributed by atoms with Crippen LogP contribution in [-0.4, -0.2) is 11.6 Å². The highest BCUT2D eigenvalue weighted by Gasteiger charge is 2.26. The monoisotopic (exact) mass is 205 g/mol. The van der Waals surface area contributed by atoms with E-state index < -0.39 is 48.9 Å². The van der Waals surface area contributed by atoms with Gasteiger partial charge in [0.1, 0.15) is 5.60 Å². The Balaban J connectivity index is 2.94. The number of esters is 1. The molecule has 1 atom stereocenters. The first-order chi connectivity index (χ1) is 9.01. The van der Waals surface area contributed by atoms with E-state index in [0.29, 0.717) is 0 Å². The highest BCUT2D eigenvalue weighted by molar-refractivity contribution is 5.72. The second kappa shape index (κ2) is 4.33. The van der Waals surface area contributed by atoms with E-state index >= 15 is 0 Å². The van der Waals surface area contributed by atoms with E-state index in [1.54, 1.807) is 20.8 Å². The lowest BCUT2D eigenvalue weighted by atomic mass is 9.79. The topological polar surface area (TPSA) is 26.3 Å². The Kier molecular flexibility index (Phi) is 1.55. The van der Waals surface area contributed by atoms with E-state index in [1.807, 2.05) is 0 Å². The van der Waals surface area contributed by atoms with E-state index in [0.717, 1.165) is 0 Å². The molecule has 82 valence electrons. The predicted octanol–water partition coefficient (Wildman–Crippen LogP) is 3.15. The number of ether oxygens (including phenoxy) is 1. The third kappa shape index (κ3) is 3.69. The van der Waals surface area contributed by atoms with E-state index in [4.69, 9.17) is 14.3 Å². The summed E-state index contributed by atoms with van der Waals surface area (Å²) in [5, 5.41) is 0. The molecule has 2 nitrogen and oxygen atoms in total. The van der Waals surface area contributed by atoms with Gasteiger partial charge in [-0.3, -0.25) is 4.79 Å². The molecule has 0 aromatic carbocycles. The Morgan fingerprint density at radius 3 is 2.71 bits per heavy atom. The van der Waals surface area contributed by atoms with Crippen molar-refractivity contribution < 1.29 is 19.1 Å². The molecule has 0 spiro atoms. The molecule has 1 aliphatic carbocycles. The molecule has 0 saturated heterocycles. The van der Waals surface area contributed by atoms with Gasteiger partial charge in [0, 0.05) is 9.60 Å². The standard InChI is InChI=1S/C12H22O2/c1-9(8-10-6-5-7-10)11(13)14-12(2,3)4/h9-10H,5-8H2,1-4H3/i5D2,6D2,7D2,10D. The molecule has 0 bridgehead atoms. The minimum absolute atomic E-state index is 0.443. The quantitative estimate of drug-likeness (QED) is 0.662. The number of hydrogen-bond acceptors (Lipinski definition) is 2. The number of hydrogen-bond donors (Lipinski definition) is 0. The maximum absolute atomic E-state index is 11.9. The van der Waals surface area contributed by atoms with Crippen LogP contribution in [0.15, 0.2) is 0 Å². The first kappa shape index (κ1) is 5.00. The Morgan fingerprint density at radius 1 is 1.64 bits per heavy atom. The van der Waals surface area contributed by atoms with Gasteiger partial charge in [0.05, 0.1) is 5.92 Å². The molecule has 1 fully saturated rings. The molecule has 0 heterocycles. The van der Waals surface area contributed by atoms with Crippen molar-refractivity contribution in [1.29, 1.82) is 0 Å². The van der Waals surface area contributed by atoms with Gasteiger partial charge in [-0.15, -0.1) is 0 Å². The van der Waals surface area contributed by atoms with Crippen molar-refractivity contribution in [2.75, 3.05) is 0 Å². The van der Waals surface area contributed by atoms with Crippen LogP contribution in [0.2, 0.25) is 0 Å². The lowest BCUT2D eigenvalue weighted by molar-refractivity contribution is -0.160. The van der Waals surface area contributed by atoms with Gasteiger partial charge in [-0.2, -0.15) is 0 Å². The highest BCUT2D eigenvalue weighted by atomic mass is 16.6. The van der Waals surface area contributed by atoms with Crippen LogP contribution < -0.4 is 0 Å². The fourth-order valence-electron chi connectivity index (χ4n) is 1.04. The van der Waals surface area contributed by atoms with Crippen LogP contribution in [0.3, 0.4) is 0 Å². The van der Waals surface area contributed by atoms with Crippen LogP contribution in [-0.2, 0) is 9.53 Å². The molecule has 0 amide bonds. The number of rotatable bonds is 3. The molecule has 1 saturated carbocycles. The zero-order valence-electron chi connectivity index (χ0n) is 16.1. The van der Waals surface area contributed by atoms with Crippen LogP contribution in [0.5, 0.6) is 0 Å². The van der Waals surface area contributed by atoms with Crippen molar-refractivity contribution in [1.82, 2.24) is 0 Å². The summed E-state index contributed by atoms with van der Waals surface area (Å²) in [5.41, 5.74) is -0.729. The molecule has 0 aromatic rings. The molecule has 0 aliphatic heterocycles. The van der Waals surface area contributed by atoms with Crippen LogP contribution in [0.4, 0.5) is 0 Å². The van der Waals surface area contributed by atoms with Gasteiger partial charge in [0.2, 0.25) is 0 Å². The predicted molar refractivity (Wildman–Crippen MR) is 57.0 cm³/mol. The summed E-state index contributed by atoms with van der Waals surface area (Å²) in [5.74, 6) is -3.88. The van der Waals surface area contributed by atoms with Crippen molar-refractivity contribution in [3.05, 3.63) is 0 Å². The van der Waals surface area contributed by atoms with Crippen molar-refractivity contribution in [2.45, 2.75) is 58.8 Å². The summed E-state index contributed by atoms with van der Waals surface area (Å²) in [4.78, 5) is 11.9. The van der Waals surface area contributed by atoms with Gasteiger partial charge in [-0.25, -0.2) is 0 Å². The zero-order chi connectivity index (χ0) is 17.1. The summed E-state index contributed by atoms with van der Waals surface area (Å²) in [7, 11) is 0. The minimum atomic E-state index is -2.77. The molecule has 0 radical (unpaired) electrons. The normalized spacial score (nSPS) is 40.4. The molecular formula is C12H22O2. The molecular weight excluding hydrogens is 176 g/mol. The number of carbonyl (C=O) groups is 1. The largest absolute Gasteiger partial charge is 0.460 e. The van der Waals surface area contributed by atoms with E-state index in [2.05, 4.69) is 0 Å². The Hall–Kier alpha value is -0.530. The molecule has 0 aromatic heterocycles. The summed E-state index contributed by atoms with van der Waals surface area (Å²) in [6.45, 7) is 6.46. The van der Waals surface area contributed by atoms with Crippen molar-refractivity contribution in [2.24, 2.45) is 11.8 Å². The minimum Gasteiger partial charge on any atom is -0.460 e. The van der Waals surface area contributed by atoms with Gasteiger partial charge in [-0.05, 0) is 33.1 Å². The molecule has 14 heavy (non-hydrogen) atoms. The summed E-state index contributed by atoms with van der Waals surface area (Å²) in [6, 6.07) is 0. The summed E-state index contributed by atoms with van der Waals surface area (Å²) >= 11 is 0. The van der Waals surface area contributed by atoms with Gasteiger partial charge in [0.25, 0.3) is 0 Å². The molecule has 1 unspecified atom stereocenters. The fourth-order valence-corrected chi connectivity index (χ4v) is 1.04. The van der Waals surface area contributed by atoms with Gasteiger partial charge in [0.15, 0.2) is 0 Å². The Morgan fingerprint density at radius 2 is 2.21 bits per heavy atom. The SMILES string of the molecule is [2H]C1([2H])C([2H])([2H])C([2H])(CC(C)C(=O)OC(C)(C)C)C1([2H])[2H]. The lowest BCUT2D eigenvalue weighted by Crippen LogP contribution is -2.29. The second-order valence-corrected chi connectivity index (χ2v) is 4.49. The summed E-state index contributed by atoms with van der Waals surface area (Å²) in [6.07, 6.45) is -8.57. The maximum Gasteiger partial charge on any atom is 0.309 e. The lowest BCUT2D eigenvalue weighted by Gasteiger charge is -2.29. The molecule has 1 rings (SSSR count). The Bertz CT molecular complexity index is 421. The fraction of sp³-hybridized carbons (Fsp3) is 0.917. The van der Waals surface area contributed by atoms with Gasteiger partial charge < -0.3 is 4.74 Å². The Labute approximate surface area is 96.9 Å². The summed E-state index contributed by atoms with van der Waals surface area (Å²) < 4.78 is 59.1. The average molecular weight is 205 g/mol. The van der Waals surface area contributed by atoms with E-state index in [1.165, 1.54) is 6.92 Å². The van der Waals surface area contributed by atoms with Crippen LogP contribution in [0.1, 0.15) is 62.8 Å². The average Bonchev–Trinajstić information content (AvgIpc) is 2.24. The number of carbonyl (C=O) groups excluding carboxylic acids is 1. The van der Waals surface area contributed by atoms with Gasteiger partial charge in [-0.1, -0.05) is 26.0 Å². The zero-order valence-corrected chi connectivity index (χ0v) is 9.10. The second-order valence-electron chi connectivity index (χ2n) is 4.49. The first-order valence-electron chi connectivity index (χ1n) is 8.24. The van der Waals surface area contributed by atoms with Gasteiger partial charge >= 0.3 is 5.97 Å². The third-order valence-corrected chi connectivity index (χ3v) is 1.75. The van der Waals surface area contributed by atoms with Crippen LogP contribution >= 0.6 is 0 Å². The van der Waals surface area contributed by atoms with E-state index in [-0.39, 0.29) is 0 Å². The van der Waals surface area contributed by atoms with Crippen LogP contribution in [0, 0.1) is 11.8 Å². The molecule has 0 N–H and O–H groups in total. The van der Waals surface area contributed by atoms with Crippen molar-refractivity contribution >= 4 is 5.97 Å². The van der Waals surface area contributed by atoms with Crippen molar-refractivity contribution in [3.8, 4) is 0 Å². The highest BCUT2D eigenvalue weighted by Crippen LogP contribution is 2.32. The van der Waals surface area contributed by atoms with Crippen molar-refractivity contribution in [3.63, 3.8) is 0 Å². The molecule has 1 aliphatic rings. The maximum atomic E-state index is 11.9. The third-order valence-electron chi connectivity index (χ3n) is 1.75.